The summed E-state index contributed by atoms with van der Waals surface area (Å²) in [7, 11) is 2.57. The van der Waals surface area contributed by atoms with Crippen LogP contribution in [0, 0.1) is 11.8 Å². The number of nitrogens with one attached hydrogen (secondary N) is 3. The highest BCUT2D eigenvalue weighted by Gasteiger charge is 2.40. The summed E-state index contributed by atoms with van der Waals surface area (Å²) in [5.41, 5.74) is 6.71. The number of amides is 4. The Morgan fingerprint density at radius 1 is 0.780 bits per heavy atom. The minimum atomic E-state index is -0.740. The maximum Gasteiger partial charge on any atom is 0.407 e. The number of aliphatic imine (C=N–C) groups is 2. The van der Waals surface area contributed by atoms with Crippen LogP contribution >= 0.6 is 0 Å². The lowest BCUT2D eigenvalue weighted by molar-refractivity contribution is -0.135. The fraction of sp³-hybridized carbons (Fsp3) is 0.400. The molecule has 59 heavy (non-hydrogen) atoms. The van der Waals surface area contributed by atoms with E-state index in [1.54, 1.807) is 16.0 Å². The lowest BCUT2D eigenvalue weighted by atomic mass is 9.98. The van der Waals surface area contributed by atoms with Crippen molar-refractivity contribution in [2.75, 3.05) is 33.9 Å². The first-order chi connectivity index (χ1) is 28.3. The van der Waals surface area contributed by atoms with Gasteiger partial charge in [0.25, 0.3) is 0 Å². The molecule has 308 valence electrons. The molecule has 0 aliphatic carbocycles. The van der Waals surface area contributed by atoms with Crippen LogP contribution in [0.3, 0.4) is 0 Å². The monoisotopic (exact) mass is 800 g/mol. The number of aromatic nitrogens is 2. The van der Waals surface area contributed by atoms with Gasteiger partial charge in [-0.1, -0.05) is 88.4 Å². The van der Waals surface area contributed by atoms with Crippen LogP contribution in [0.5, 0.6) is 0 Å². The van der Waals surface area contributed by atoms with Gasteiger partial charge in [0.1, 0.15) is 23.7 Å². The van der Waals surface area contributed by atoms with Crippen LogP contribution in [0.2, 0.25) is 0 Å². The van der Waals surface area contributed by atoms with Crippen molar-refractivity contribution in [3.05, 3.63) is 90.4 Å². The molecule has 1 aromatic heterocycles. The molecule has 14 heteroatoms. The zero-order valence-electron chi connectivity index (χ0n) is 34.5. The third kappa shape index (κ3) is 8.62. The van der Waals surface area contributed by atoms with Gasteiger partial charge in [0.2, 0.25) is 11.8 Å². The number of hydrogen-bond acceptors (Lipinski definition) is 9. The number of carbonyl (C=O) groups excluding carboxylic acids is 4. The van der Waals surface area contributed by atoms with Crippen LogP contribution < -0.4 is 10.6 Å². The molecule has 4 amide bonds. The molecular weight excluding hydrogens is 749 g/mol. The molecular formula is C45H52N8O6. The molecule has 0 spiro atoms. The first-order valence-electron chi connectivity index (χ1n) is 20.1. The van der Waals surface area contributed by atoms with E-state index in [1.165, 1.54) is 14.2 Å². The molecule has 4 aromatic rings. The Balaban J connectivity index is 1.02. The van der Waals surface area contributed by atoms with Crippen molar-refractivity contribution >= 4 is 46.3 Å². The molecule has 3 aliphatic heterocycles. The molecule has 3 aliphatic rings. The number of benzene rings is 3. The van der Waals surface area contributed by atoms with E-state index >= 15 is 0 Å². The molecule has 2 saturated heterocycles. The molecule has 3 N–H and O–H groups in total. The molecule has 0 bridgehead atoms. The van der Waals surface area contributed by atoms with Crippen molar-refractivity contribution in [1.82, 2.24) is 30.4 Å². The van der Waals surface area contributed by atoms with E-state index in [1.807, 2.05) is 27.7 Å². The summed E-state index contributed by atoms with van der Waals surface area (Å²) in [6, 6.07) is 19.0. The minimum Gasteiger partial charge on any atom is -0.453 e. The van der Waals surface area contributed by atoms with Crippen molar-refractivity contribution in [2.24, 2.45) is 21.8 Å². The van der Waals surface area contributed by atoms with E-state index in [0.29, 0.717) is 37.7 Å². The van der Waals surface area contributed by atoms with Crippen LogP contribution in [0.4, 0.5) is 9.59 Å². The number of amidine groups is 1. The number of nitrogens with zero attached hydrogens (tertiary/aromatic N) is 5. The Bertz CT molecular complexity index is 2330. The summed E-state index contributed by atoms with van der Waals surface area (Å²) in [6.45, 7) is 13.1. The molecule has 3 aromatic carbocycles. The van der Waals surface area contributed by atoms with Gasteiger partial charge in [0.15, 0.2) is 0 Å². The number of imidazole rings is 1. The van der Waals surface area contributed by atoms with Crippen molar-refractivity contribution in [2.45, 2.75) is 71.1 Å². The van der Waals surface area contributed by atoms with Crippen LogP contribution in [0.25, 0.3) is 33.2 Å². The molecule has 7 rings (SSSR count). The van der Waals surface area contributed by atoms with Gasteiger partial charge in [0, 0.05) is 13.1 Å². The average Bonchev–Trinajstić information content (AvgIpc) is 4.08. The normalized spacial score (nSPS) is 18.9. The minimum absolute atomic E-state index is 0.110. The van der Waals surface area contributed by atoms with Crippen molar-refractivity contribution in [3.8, 4) is 22.4 Å². The van der Waals surface area contributed by atoms with Crippen LogP contribution in [0.1, 0.15) is 64.4 Å². The Kier molecular flexibility index (Phi) is 12.0. The third-order valence-corrected chi connectivity index (χ3v) is 11.4. The maximum absolute atomic E-state index is 13.7. The van der Waals surface area contributed by atoms with E-state index in [9.17, 15) is 19.2 Å². The van der Waals surface area contributed by atoms with Gasteiger partial charge in [-0.3, -0.25) is 14.6 Å². The van der Waals surface area contributed by atoms with E-state index < -0.39 is 24.3 Å². The van der Waals surface area contributed by atoms with E-state index in [4.69, 9.17) is 19.5 Å². The first-order valence-corrected chi connectivity index (χ1v) is 20.1. The lowest BCUT2D eigenvalue weighted by Gasteiger charge is -2.30. The second kappa shape index (κ2) is 17.3. The number of alkyl carbamates (subject to hydrolysis) is 2. The zero-order chi connectivity index (χ0) is 42.0. The Morgan fingerprint density at radius 3 is 1.98 bits per heavy atom. The smallest absolute Gasteiger partial charge is 0.407 e. The Morgan fingerprint density at radius 2 is 1.36 bits per heavy atom. The van der Waals surface area contributed by atoms with Gasteiger partial charge in [-0.2, -0.15) is 0 Å². The molecule has 14 nitrogen and oxygen atoms in total. The van der Waals surface area contributed by atoms with Gasteiger partial charge in [-0.15, -0.1) is 0 Å². The predicted octanol–water partition coefficient (Wildman–Crippen LogP) is 6.68. The van der Waals surface area contributed by atoms with Gasteiger partial charge >= 0.3 is 12.2 Å². The highest BCUT2D eigenvalue weighted by Crippen LogP contribution is 2.36. The summed E-state index contributed by atoms with van der Waals surface area (Å²) in [4.78, 5) is 72.6. The van der Waals surface area contributed by atoms with Crippen LogP contribution in [-0.4, -0.2) is 107 Å². The topological polar surface area (TPSA) is 171 Å². The number of aromatic amines is 1. The number of methoxy groups -OCH3 is 2. The molecule has 2 fully saturated rings. The standard InChI is InChI=1S/C45H52N8O6/c1-25(2)38(50-44(56)58-6)42(54)52-18-8-9-36(52)40-46-23-35(49-40)33-17-16-31-20-30(14-15-32(31)21-33)28-10-12-29(13-11-28)34-22-47-41(48-34)37-19-27(5)24-53(37)43(55)39(26(3)4)51-45(57)59-7/h10-17,20-22,25-26,36-39H,5,8-9,18-19,23-24H2,1-4,6-7H3,(H,47,48)(H,50,56)(H,51,57). The number of fused-ring (bicyclic) bond motifs is 1. The zero-order valence-corrected chi connectivity index (χ0v) is 34.5. The van der Waals surface area contributed by atoms with Gasteiger partial charge in [0.05, 0.1) is 50.5 Å². The van der Waals surface area contributed by atoms with Crippen LogP contribution in [-0.2, 0) is 19.1 Å². The number of H-pyrrole nitrogens is 1. The van der Waals surface area contributed by atoms with Gasteiger partial charge in [-0.05, 0) is 76.3 Å². The summed E-state index contributed by atoms with van der Waals surface area (Å²) in [5, 5.41) is 7.56. The Hall–Kier alpha value is -6.31. The molecule has 0 saturated carbocycles. The fourth-order valence-corrected chi connectivity index (χ4v) is 8.13. The quantitative estimate of drug-likeness (QED) is 0.142. The molecule has 0 radical (unpaired) electrons. The molecule has 4 heterocycles. The average molecular weight is 801 g/mol. The summed E-state index contributed by atoms with van der Waals surface area (Å²) >= 11 is 0. The van der Waals surface area contributed by atoms with E-state index in [2.05, 4.69) is 87.8 Å². The van der Waals surface area contributed by atoms with E-state index in [-0.39, 0.29) is 35.7 Å². The van der Waals surface area contributed by atoms with Crippen molar-refractivity contribution < 1.29 is 28.7 Å². The lowest BCUT2D eigenvalue weighted by Crippen LogP contribution is -2.53. The van der Waals surface area contributed by atoms with Crippen LogP contribution in [0.15, 0.2) is 89.0 Å². The largest absolute Gasteiger partial charge is 0.453 e. The van der Waals surface area contributed by atoms with Gasteiger partial charge < -0.3 is 34.9 Å². The van der Waals surface area contributed by atoms with Gasteiger partial charge in [-0.25, -0.2) is 19.6 Å². The van der Waals surface area contributed by atoms with Crippen molar-refractivity contribution in [3.63, 3.8) is 0 Å². The first kappa shape index (κ1) is 40.9. The summed E-state index contributed by atoms with van der Waals surface area (Å²) < 4.78 is 9.53. The molecule has 4 unspecified atom stereocenters. The number of rotatable bonds is 11. The number of hydrogen-bond donors (Lipinski definition) is 3. The maximum atomic E-state index is 13.7. The Labute approximate surface area is 344 Å². The number of carbonyl (C=O) groups is 4. The van der Waals surface area contributed by atoms with Crippen molar-refractivity contribution in [1.29, 1.82) is 0 Å². The summed E-state index contributed by atoms with van der Waals surface area (Å²) in [6.07, 6.45) is 2.70. The second-order valence-corrected chi connectivity index (χ2v) is 16.1. The number of likely N-dealkylation sites (tertiary alicyclic amines) is 2. The second-order valence-electron chi connectivity index (χ2n) is 16.1. The fourth-order valence-electron chi connectivity index (χ4n) is 8.13. The van der Waals surface area contributed by atoms with E-state index in [0.717, 1.165) is 62.8 Å². The number of ether oxygens (including phenoxy) is 2. The SMILES string of the molecule is C=C1CC(c2ncc(-c3ccc(-c4ccc5cc(C6=NC(C7CCCN7C(=O)C(NC(=O)OC)C(C)C)=NC6)ccc5c4)cc3)[nH]2)N(C(=O)C(NC(=O)OC)C(C)C)C1. The predicted molar refractivity (Wildman–Crippen MR) is 227 cm³/mol. The highest BCUT2D eigenvalue weighted by molar-refractivity contribution is 6.15. The summed E-state index contributed by atoms with van der Waals surface area (Å²) in [5.74, 6) is 0.718. The highest BCUT2D eigenvalue weighted by atomic mass is 16.5. The molecule has 4 atom stereocenters. The third-order valence-electron chi connectivity index (χ3n) is 11.4.